The van der Waals surface area contributed by atoms with Crippen molar-refractivity contribution in [1.82, 2.24) is 0 Å². The minimum Gasteiger partial charge on any atom is -0.507 e. The van der Waals surface area contributed by atoms with E-state index in [9.17, 15) is 10.2 Å². The summed E-state index contributed by atoms with van der Waals surface area (Å²) in [7, 11) is 0. The van der Waals surface area contributed by atoms with E-state index >= 15 is 0 Å². The van der Waals surface area contributed by atoms with E-state index in [1.807, 2.05) is 84.9 Å². The van der Waals surface area contributed by atoms with Crippen LogP contribution in [0.25, 0.3) is 0 Å². The zero-order valence-electron chi connectivity index (χ0n) is 17.5. The summed E-state index contributed by atoms with van der Waals surface area (Å²) in [5.74, 6) is 0.356. The quantitative estimate of drug-likeness (QED) is 0.354. The van der Waals surface area contributed by atoms with Crippen LogP contribution < -0.4 is 0 Å². The van der Waals surface area contributed by atoms with Crippen LogP contribution in [-0.2, 0) is 0 Å². The van der Waals surface area contributed by atoms with E-state index in [-0.39, 0.29) is 23.6 Å². The summed E-state index contributed by atoms with van der Waals surface area (Å²) in [5, 5.41) is 20.4. The zero-order valence-corrected chi connectivity index (χ0v) is 17.5. The van der Waals surface area contributed by atoms with Gasteiger partial charge in [-0.25, -0.2) is 0 Å². The lowest BCUT2D eigenvalue weighted by Crippen LogP contribution is -2.09. The summed E-state index contributed by atoms with van der Waals surface area (Å²) < 4.78 is 0. The lowest BCUT2D eigenvalue weighted by molar-refractivity contribution is 0.473. The van der Waals surface area contributed by atoms with Crippen molar-refractivity contribution in [2.45, 2.75) is 12.1 Å². The van der Waals surface area contributed by atoms with Crippen molar-refractivity contribution in [1.29, 1.82) is 0 Å². The van der Waals surface area contributed by atoms with E-state index in [2.05, 4.69) is 0 Å². The van der Waals surface area contributed by atoms with Gasteiger partial charge in [-0.15, -0.1) is 0 Å². The van der Waals surface area contributed by atoms with Gasteiger partial charge in [0.05, 0.1) is 0 Å². The lowest BCUT2D eigenvalue weighted by atomic mass is 9.94. The number of nitrogens with zero attached hydrogens (tertiary/aromatic N) is 2. The highest BCUT2D eigenvalue weighted by molar-refractivity contribution is 5.84. The maximum atomic E-state index is 10.2. The zero-order chi connectivity index (χ0) is 22.2. The van der Waals surface area contributed by atoms with Crippen LogP contribution in [0.5, 0.6) is 11.5 Å². The normalized spacial score (nSPS) is 13.4. The Morgan fingerprint density at radius 3 is 1.19 bits per heavy atom. The molecule has 4 heteroatoms. The van der Waals surface area contributed by atoms with E-state index in [0.29, 0.717) is 11.1 Å². The van der Waals surface area contributed by atoms with Gasteiger partial charge < -0.3 is 10.2 Å². The molecule has 0 saturated heterocycles. The van der Waals surface area contributed by atoms with Crippen LogP contribution in [0.2, 0.25) is 0 Å². The molecule has 0 heterocycles. The molecule has 0 amide bonds. The first kappa shape index (κ1) is 21.1. The third kappa shape index (κ3) is 5.10. The average Bonchev–Trinajstić information content (AvgIpc) is 2.84. The predicted molar refractivity (Wildman–Crippen MR) is 130 cm³/mol. The molecular formula is C28H24N2O2. The van der Waals surface area contributed by atoms with E-state index in [0.717, 1.165) is 11.1 Å². The number of phenolic OH excluding ortho intramolecular Hbond substituents is 2. The fourth-order valence-corrected chi connectivity index (χ4v) is 3.51. The van der Waals surface area contributed by atoms with Crippen molar-refractivity contribution < 1.29 is 10.2 Å². The van der Waals surface area contributed by atoms with Crippen molar-refractivity contribution in [2.75, 3.05) is 0 Å². The maximum absolute atomic E-state index is 10.2. The first-order valence-electron chi connectivity index (χ1n) is 10.4. The highest BCUT2D eigenvalue weighted by atomic mass is 16.3. The molecule has 158 valence electrons. The second-order valence-electron chi connectivity index (χ2n) is 7.39. The lowest BCUT2D eigenvalue weighted by Gasteiger charge is -2.22. The third-order valence-corrected chi connectivity index (χ3v) is 5.20. The maximum Gasteiger partial charge on any atom is 0.124 e. The Balaban J connectivity index is 1.79. The fraction of sp³-hybridized carbons (Fsp3) is 0.0714. The predicted octanol–water partition coefficient (Wildman–Crippen LogP) is 6.12. The van der Waals surface area contributed by atoms with Crippen LogP contribution in [0.15, 0.2) is 119 Å². The van der Waals surface area contributed by atoms with Gasteiger partial charge in [-0.3, -0.25) is 9.98 Å². The molecule has 0 aliphatic heterocycles. The van der Waals surface area contributed by atoms with E-state index in [1.54, 1.807) is 36.7 Å². The largest absolute Gasteiger partial charge is 0.507 e. The minimum absolute atomic E-state index is 0.178. The van der Waals surface area contributed by atoms with E-state index < -0.39 is 0 Å². The van der Waals surface area contributed by atoms with Crippen molar-refractivity contribution >= 4 is 12.4 Å². The van der Waals surface area contributed by atoms with Gasteiger partial charge in [-0.05, 0) is 35.4 Å². The molecule has 0 radical (unpaired) electrons. The van der Waals surface area contributed by atoms with Gasteiger partial charge in [-0.1, -0.05) is 84.9 Å². The summed E-state index contributed by atoms with van der Waals surface area (Å²) in [4.78, 5) is 9.75. The summed E-state index contributed by atoms with van der Waals surface area (Å²) in [6.07, 6.45) is 3.39. The molecule has 0 aromatic heterocycles. The topological polar surface area (TPSA) is 65.2 Å². The molecule has 4 aromatic carbocycles. The number of para-hydroxylation sites is 2. The average molecular weight is 421 g/mol. The van der Waals surface area contributed by atoms with E-state index in [1.165, 1.54) is 0 Å². The first-order valence-corrected chi connectivity index (χ1v) is 10.4. The van der Waals surface area contributed by atoms with Gasteiger partial charge >= 0.3 is 0 Å². The van der Waals surface area contributed by atoms with Gasteiger partial charge in [0, 0.05) is 23.6 Å². The Hall–Kier alpha value is -4.18. The minimum atomic E-state index is -0.333. The molecule has 2 atom stereocenters. The molecule has 0 aliphatic carbocycles. The van der Waals surface area contributed by atoms with Gasteiger partial charge in [0.2, 0.25) is 0 Å². The smallest absolute Gasteiger partial charge is 0.124 e. The molecule has 0 spiro atoms. The molecule has 4 rings (SSSR count). The molecule has 0 saturated carbocycles. The number of aliphatic imine (C=N–C) groups is 2. The highest BCUT2D eigenvalue weighted by Crippen LogP contribution is 2.36. The van der Waals surface area contributed by atoms with Gasteiger partial charge in [0.1, 0.15) is 23.6 Å². The van der Waals surface area contributed by atoms with Crippen LogP contribution in [-0.4, -0.2) is 22.6 Å². The Bertz CT molecular complexity index is 1110. The van der Waals surface area contributed by atoms with Gasteiger partial charge in [0.25, 0.3) is 0 Å². The number of aromatic hydroxyl groups is 2. The Kier molecular flexibility index (Phi) is 6.73. The second kappa shape index (κ2) is 10.2. The summed E-state index contributed by atoms with van der Waals surface area (Å²) >= 11 is 0. The van der Waals surface area contributed by atoms with Gasteiger partial charge in [0.15, 0.2) is 0 Å². The first-order chi connectivity index (χ1) is 15.7. The van der Waals surface area contributed by atoms with E-state index in [4.69, 9.17) is 9.98 Å². The van der Waals surface area contributed by atoms with Crippen LogP contribution in [0.1, 0.15) is 34.3 Å². The number of phenols is 2. The summed E-state index contributed by atoms with van der Waals surface area (Å²) in [6.45, 7) is 0. The van der Waals surface area contributed by atoms with Crippen LogP contribution in [0.3, 0.4) is 0 Å². The Morgan fingerprint density at radius 1 is 0.469 bits per heavy atom. The molecule has 0 aliphatic rings. The molecule has 0 unspecified atom stereocenters. The monoisotopic (exact) mass is 420 g/mol. The van der Waals surface area contributed by atoms with Crippen molar-refractivity contribution in [3.05, 3.63) is 131 Å². The molecule has 0 bridgehead atoms. The Labute approximate surface area is 187 Å². The molecular weight excluding hydrogens is 396 g/mol. The third-order valence-electron chi connectivity index (χ3n) is 5.20. The number of benzene rings is 4. The molecule has 2 N–H and O–H groups in total. The standard InChI is InChI=1S/C28H24N2O2/c31-25-17-9-7-15-23(25)19-29-27(21-11-3-1-4-12-21)28(22-13-5-2-6-14-22)30-20-24-16-8-10-18-26(24)32/h1-20,27-28,31-32H/t27-,28+. The van der Waals surface area contributed by atoms with Crippen molar-refractivity contribution in [2.24, 2.45) is 9.98 Å². The van der Waals surface area contributed by atoms with Crippen LogP contribution >= 0.6 is 0 Å². The van der Waals surface area contributed by atoms with Crippen molar-refractivity contribution in [3.63, 3.8) is 0 Å². The van der Waals surface area contributed by atoms with Crippen LogP contribution in [0.4, 0.5) is 0 Å². The molecule has 32 heavy (non-hydrogen) atoms. The van der Waals surface area contributed by atoms with Crippen molar-refractivity contribution in [3.8, 4) is 11.5 Å². The van der Waals surface area contributed by atoms with Crippen LogP contribution in [0, 0.1) is 0 Å². The Morgan fingerprint density at radius 2 is 0.812 bits per heavy atom. The molecule has 4 aromatic rings. The number of hydrogen-bond acceptors (Lipinski definition) is 4. The summed E-state index contributed by atoms with van der Waals surface area (Å²) in [5.41, 5.74) is 3.29. The molecule has 0 fully saturated rings. The highest BCUT2D eigenvalue weighted by Gasteiger charge is 2.23. The number of hydrogen-bond donors (Lipinski definition) is 2. The number of rotatable bonds is 7. The van der Waals surface area contributed by atoms with Gasteiger partial charge in [-0.2, -0.15) is 0 Å². The summed E-state index contributed by atoms with van der Waals surface area (Å²) in [6, 6.07) is 33.5. The molecule has 4 nitrogen and oxygen atoms in total. The SMILES string of the molecule is Oc1ccccc1C=N[C@H](c1ccccc1)[C@@H](N=Cc1ccccc1O)c1ccccc1. The fourth-order valence-electron chi connectivity index (χ4n) is 3.51. The second-order valence-corrected chi connectivity index (χ2v) is 7.39.